The summed E-state index contributed by atoms with van der Waals surface area (Å²) in [6.07, 6.45) is 3.31. The van der Waals surface area contributed by atoms with Gasteiger partial charge in [-0.3, -0.25) is 24.7 Å². The number of carboxylic acid groups (broad SMARTS) is 1. The second kappa shape index (κ2) is 9.32. The Morgan fingerprint density at radius 2 is 2.00 bits per heavy atom. The third kappa shape index (κ3) is 4.17. The van der Waals surface area contributed by atoms with Gasteiger partial charge < -0.3 is 15.3 Å². The predicted molar refractivity (Wildman–Crippen MR) is 134 cm³/mol. The summed E-state index contributed by atoms with van der Waals surface area (Å²) in [7, 11) is 0. The number of likely N-dealkylation sites (tertiary alicyclic amines) is 2. The maximum Gasteiger partial charge on any atom is 0.409 e. The van der Waals surface area contributed by atoms with Crippen LogP contribution in [-0.4, -0.2) is 92.5 Å². The Hall–Kier alpha value is -3.25. The number of hydrogen-bond acceptors (Lipinski definition) is 7. The van der Waals surface area contributed by atoms with Crippen LogP contribution < -0.4 is 10.6 Å². The van der Waals surface area contributed by atoms with Gasteiger partial charge in [0.15, 0.2) is 0 Å². The second-order valence-electron chi connectivity index (χ2n) is 9.97. The Kier molecular flexibility index (Phi) is 6.33. The summed E-state index contributed by atoms with van der Waals surface area (Å²) in [6, 6.07) is 3.21. The lowest BCUT2D eigenvalue weighted by atomic mass is 9.86. The number of nitrogens with zero attached hydrogens (tertiary/aromatic N) is 4. The molecule has 2 aromatic rings. The fraction of sp³-hybridized carbons (Fsp3) is 0.542. The number of rotatable bonds is 4. The fourth-order valence-electron chi connectivity index (χ4n) is 5.71. The number of nitrogens with one attached hydrogen (secondary N) is 2. The number of hydrogen-bond donors (Lipinski definition) is 3. The van der Waals surface area contributed by atoms with Crippen LogP contribution in [0.15, 0.2) is 18.3 Å². The van der Waals surface area contributed by atoms with Gasteiger partial charge in [0.1, 0.15) is 15.4 Å². The van der Waals surface area contributed by atoms with E-state index in [0.717, 1.165) is 37.1 Å². The summed E-state index contributed by atoms with van der Waals surface area (Å²) in [5.41, 5.74) is -0.527. The largest absolute Gasteiger partial charge is 0.465 e. The molecule has 2 aromatic heterocycles. The lowest BCUT2D eigenvalue weighted by Gasteiger charge is -2.45. The van der Waals surface area contributed by atoms with E-state index in [1.54, 1.807) is 23.2 Å². The van der Waals surface area contributed by atoms with Crippen molar-refractivity contribution >= 4 is 50.5 Å². The van der Waals surface area contributed by atoms with Crippen LogP contribution in [0.2, 0.25) is 0 Å². The molecule has 3 saturated heterocycles. The Balaban J connectivity index is 1.28. The molecule has 5 heterocycles. The van der Waals surface area contributed by atoms with Crippen molar-refractivity contribution in [2.45, 2.75) is 57.2 Å². The van der Waals surface area contributed by atoms with Crippen LogP contribution in [0.25, 0.3) is 10.2 Å². The summed E-state index contributed by atoms with van der Waals surface area (Å²) in [5, 5.41) is 15.5. The lowest BCUT2D eigenvalue weighted by molar-refractivity contribution is -0.134. The van der Waals surface area contributed by atoms with Gasteiger partial charge in [-0.2, -0.15) is 0 Å². The molecule has 12 heteroatoms. The van der Waals surface area contributed by atoms with Gasteiger partial charge in [-0.25, -0.2) is 14.6 Å². The molecular formula is C24H30N6O5S. The molecule has 36 heavy (non-hydrogen) atoms. The van der Waals surface area contributed by atoms with Crippen LogP contribution in [0.1, 0.15) is 49.9 Å². The maximum absolute atomic E-state index is 13.5. The molecule has 3 aliphatic heterocycles. The monoisotopic (exact) mass is 514 g/mol. The number of amides is 5. The molecule has 1 spiro atoms. The van der Waals surface area contributed by atoms with Crippen molar-refractivity contribution in [3.63, 3.8) is 0 Å². The van der Waals surface area contributed by atoms with Crippen molar-refractivity contribution in [1.29, 1.82) is 0 Å². The van der Waals surface area contributed by atoms with E-state index in [2.05, 4.69) is 20.5 Å². The summed E-state index contributed by atoms with van der Waals surface area (Å²) < 4.78 is 0. The first-order valence-corrected chi connectivity index (χ1v) is 13.1. The highest BCUT2D eigenvalue weighted by Crippen LogP contribution is 2.37. The standard InChI is InChI=1S/C24H30N6O5S/c1-14(2)30-21(32)24(27-22(30)33)8-4-10-29(13-24)15-6-11-28(12-7-15)20(31)17-16-5-3-9-25-18(16)36-19(17)26-23(34)35/h3,5,9,14-15,26H,4,6-8,10-13H2,1-2H3,(H,27,33)(H,34,35). The van der Waals surface area contributed by atoms with E-state index in [1.165, 1.54) is 4.90 Å². The Bertz CT molecular complexity index is 1220. The zero-order valence-electron chi connectivity index (χ0n) is 20.3. The highest BCUT2D eigenvalue weighted by Gasteiger charge is 2.54. The van der Waals surface area contributed by atoms with Crippen molar-refractivity contribution in [3.05, 3.63) is 23.9 Å². The number of pyridine rings is 1. The number of thiophene rings is 1. The van der Waals surface area contributed by atoms with E-state index >= 15 is 0 Å². The molecule has 5 rings (SSSR count). The molecule has 5 amide bonds. The van der Waals surface area contributed by atoms with E-state index in [0.29, 0.717) is 41.8 Å². The third-order valence-corrected chi connectivity index (χ3v) is 8.43. The minimum Gasteiger partial charge on any atom is -0.465 e. The van der Waals surface area contributed by atoms with E-state index in [9.17, 15) is 24.3 Å². The van der Waals surface area contributed by atoms with Gasteiger partial charge in [0, 0.05) is 43.3 Å². The summed E-state index contributed by atoms with van der Waals surface area (Å²) in [6.45, 7) is 6.05. The fourth-order valence-corrected chi connectivity index (χ4v) is 6.73. The quantitative estimate of drug-likeness (QED) is 0.534. The lowest BCUT2D eigenvalue weighted by Crippen LogP contribution is -2.61. The minimum absolute atomic E-state index is 0.142. The van der Waals surface area contributed by atoms with E-state index in [-0.39, 0.29) is 34.9 Å². The molecule has 0 aromatic carbocycles. The Morgan fingerprint density at radius 3 is 2.67 bits per heavy atom. The molecule has 0 radical (unpaired) electrons. The highest BCUT2D eigenvalue weighted by molar-refractivity contribution is 7.23. The topological polar surface area (TPSA) is 135 Å². The molecule has 3 N–H and O–H groups in total. The molecule has 0 aliphatic carbocycles. The van der Waals surface area contributed by atoms with Crippen LogP contribution >= 0.6 is 11.3 Å². The minimum atomic E-state index is -1.22. The smallest absolute Gasteiger partial charge is 0.409 e. The number of imide groups is 1. The Morgan fingerprint density at radius 1 is 1.25 bits per heavy atom. The van der Waals surface area contributed by atoms with Crippen LogP contribution in [0.5, 0.6) is 0 Å². The predicted octanol–water partition coefficient (Wildman–Crippen LogP) is 2.79. The van der Waals surface area contributed by atoms with Gasteiger partial charge in [-0.1, -0.05) is 11.3 Å². The zero-order chi connectivity index (χ0) is 25.6. The van der Waals surface area contributed by atoms with Crippen molar-refractivity contribution in [2.24, 2.45) is 0 Å². The van der Waals surface area contributed by atoms with E-state index in [4.69, 9.17) is 0 Å². The Labute approximate surface area is 212 Å². The molecule has 1 unspecified atom stereocenters. The zero-order valence-corrected chi connectivity index (χ0v) is 21.1. The van der Waals surface area contributed by atoms with Gasteiger partial charge in [0.05, 0.1) is 5.56 Å². The van der Waals surface area contributed by atoms with Gasteiger partial charge in [-0.05, 0) is 58.2 Å². The SMILES string of the molecule is CC(C)N1C(=O)NC2(CCCN(C3CCN(C(=O)c4c(NC(=O)O)sc5ncccc45)CC3)C2)C1=O. The number of fused-ring (bicyclic) bond motifs is 1. The molecule has 192 valence electrons. The number of anilines is 1. The number of urea groups is 1. The molecule has 0 saturated carbocycles. The average molecular weight is 515 g/mol. The average Bonchev–Trinajstić information content (AvgIpc) is 3.31. The second-order valence-corrected chi connectivity index (χ2v) is 11.0. The molecule has 1 atom stereocenters. The summed E-state index contributed by atoms with van der Waals surface area (Å²) in [4.78, 5) is 60.7. The van der Waals surface area contributed by atoms with Crippen LogP contribution in [0.3, 0.4) is 0 Å². The first-order valence-electron chi connectivity index (χ1n) is 12.3. The van der Waals surface area contributed by atoms with Crippen molar-refractivity contribution in [3.8, 4) is 0 Å². The third-order valence-electron chi connectivity index (χ3n) is 7.40. The molecule has 0 bridgehead atoms. The van der Waals surface area contributed by atoms with Gasteiger partial charge in [0.25, 0.3) is 11.8 Å². The van der Waals surface area contributed by atoms with Crippen molar-refractivity contribution in [2.75, 3.05) is 31.5 Å². The maximum atomic E-state index is 13.5. The molecule has 3 aliphatic rings. The first kappa shape index (κ1) is 24.4. The van der Waals surface area contributed by atoms with Gasteiger partial charge in [-0.15, -0.1) is 0 Å². The normalized spacial score (nSPS) is 23.6. The molecule has 11 nitrogen and oxygen atoms in total. The molecular weight excluding hydrogens is 484 g/mol. The van der Waals surface area contributed by atoms with Crippen LogP contribution in [-0.2, 0) is 4.79 Å². The van der Waals surface area contributed by atoms with Gasteiger partial charge in [0.2, 0.25) is 0 Å². The summed E-state index contributed by atoms with van der Waals surface area (Å²) in [5.74, 6) is -0.353. The highest BCUT2D eigenvalue weighted by atomic mass is 32.1. The van der Waals surface area contributed by atoms with Crippen molar-refractivity contribution < 1.29 is 24.3 Å². The first-order chi connectivity index (χ1) is 17.2. The van der Waals surface area contributed by atoms with E-state index in [1.807, 2.05) is 13.8 Å². The summed E-state index contributed by atoms with van der Waals surface area (Å²) >= 11 is 1.15. The number of carbonyl (C=O) groups is 4. The van der Waals surface area contributed by atoms with Crippen LogP contribution in [0, 0.1) is 0 Å². The van der Waals surface area contributed by atoms with E-state index < -0.39 is 11.6 Å². The number of carbonyl (C=O) groups excluding carboxylic acids is 3. The number of aromatic nitrogens is 1. The van der Waals surface area contributed by atoms with Crippen LogP contribution in [0.4, 0.5) is 14.6 Å². The van der Waals surface area contributed by atoms with Crippen molar-refractivity contribution in [1.82, 2.24) is 25.0 Å². The molecule has 3 fully saturated rings. The number of piperidine rings is 2. The van der Waals surface area contributed by atoms with Gasteiger partial charge >= 0.3 is 12.1 Å².